The highest BCUT2D eigenvalue weighted by Gasteiger charge is 2.36. The summed E-state index contributed by atoms with van der Waals surface area (Å²) < 4.78 is 0. The van der Waals surface area contributed by atoms with E-state index in [4.69, 9.17) is 11.6 Å². The number of benzene rings is 1. The molecular weight excluding hydrogens is 380 g/mol. The van der Waals surface area contributed by atoms with Crippen molar-refractivity contribution in [2.75, 3.05) is 11.9 Å². The van der Waals surface area contributed by atoms with E-state index in [1.165, 1.54) is 11.3 Å². The fourth-order valence-corrected chi connectivity index (χ4v) is 4.03. The zero-order chi connectivity index (χ0) is 18.0. The van der Waals surface area contributed by atoms with Crippen molar-refractivity contribution in [3.05, 3.63) is 56.1 Å². The summed E-state index contributed by atoms with van der Waals surface area (Å²) in [6.07, 6.45) is 1.66. The van der Waals surface area contributed by atoms with E-state index >= 15 is 0 Å². The van der Waals surface area contributed by atoms with Crippen molar-refractivity contribution in [1.29, 1.82) is 0 Å². The van der Waals surface area contributed by atoms with Crippen LogP contribution in [0.15, 0.2) is 40.6 Å². The molecule has 0 saturated carbocycles. The summed E-state index contributed by atoms with van der Waals surface area (Å²) in [5.74, 6) is -0.892. The van der Waals surface area contributed by atoms with Gasteiger partial charge in [0.1, 0.15) is 6.54 Å². The highest BCUT2D eigenvalue weighted by atomic mass is 35.5. The summed E-state index contributed by atoms with van der Waals surface area (Å²) in [6, 6.07) is 8.78. The van der Waals surface area contributed by atoms with Crippen molar-refractivity contribution < 1.29 is 14.4 Å². The number of halogens is 1. The van der Waals surface area contributed by atoms with Gasteiger partial charge in [0.25, 0.3) is 11.1 Å². The molecule has 0 atom stereocenters. The molecule has 1 fully saturated rings. The number of rotatable bonds is 4. The third-order valence-corrected chi connectivity index (χ3v) is 5.42. The number of imide groups is 1. The van der Waals surface area contributed by atoms with E-state index < -0.39 is 17.1 Å². The maximum Gasteiger partial charge on any atom is 0.294 e. The summed E-state index contributed by atoms with van der Waals surface area (Å²) in [4.78, 5) is 38.8. The molecule has 1 aliphatic rings. The minimum Gasteiger partial charge on any atom is -0.324 e. The Labute approximate surface area is 157 Å². The number of amides is 3. The lowest BCUT2D eigenvalue weighted by atomic mass is 10.2. The first-order chi connectivity index (χ1) is 11.9. The van der Waals surface area contributed by atoms with Gasteiger partial charge in [-0.05, 0) is 60.0 Å². The van der Waals surface area contributed by atoms with Crippen LogP contribution in [-0.4, -0.2) is 28.5 Å². The van der Waals surface area contributed by atoms with Crippen molar-refractivity contribution in [3.8, 4) is 0 Å². The van der Waals surface area contributed by atoms with Crippen LogP contribution < -0.4 is 5.32 Å². The highest BCUT2D eigenvalue weighted by molar-refractivity contribution is 8.18. The molecule has 128 valence electrons. The van der Waals surface area contributed by atoms with Crippen LogP contribution in [0.5, 0.6) is 0 Å². The molecule has 25 heavy (non-hydrogen) atoms. The molecular formula is C17H13ClN2O3S2. The molecule has 1 N–H and O–H groups in total. The number of nitrogens with one attached hydrogen (secondary N) is 1. The van der Waals surface area contributed by atoms with Gasteiger partial charge in [-0.25, -0.2) is 0 Å². The second-order valence-corrected chi connectivity index (χ2v) is 7.70. The summed E-state index contributed by atoms with van der Waals surface area (Å²) in [5, 5.41) is 4.70. The molecule has 0 aliphatic carbocycles. The molecule has 0 spiro atoms. The molecule has 0 radical (unpaired) electrons. The predicted octanol–water partition coefficient (Wildman–Crippen LogP) is 4.38. The number of thiophene rings is 1. The number of carbonyl (C=O) groups is 3. The van der Waals surface area contributed by atoms with Crippen LogP contribution in [0, 0.1) is 6.92 Å². The number of aryl methyl sites for hydroxylation is 1. The number of thioether (sulfide) groups is 1. The molecule has 2 heterocycles. The van der Waals surface area contributed by atoms with Crippen LogP contribution >= 0.6 is 34.7 Å². The van der Waals surface area contributed by atoms with Crippen LogP contribution in [0.25, 0.3) is 6.08 Å². The van der Waals surface area contributed by atoms with E-state index in [2.05, 4.69) is 5.32 Å². The van der Waals surface area contributed by atoms with Crippen molar-refractivity contribution in [3.63, 3.8) is 0 Å². The first kappa shape index (κ1) is 17.7. The van der Waals surface area contributed by atoms with Gasteiger partial charge in [-0.3, -0.25) is 19.3 Å². The van der Waals surface area contributed by atoms with Gasteiger partial charge in [0, 0.05) is 15.6 Å². The first-order valence-electron chi connectivity index (χ1n) is 7.29. The molecule has 1 saturated heterocycles. The van der Waals surface area contributed by atoms with Gasteiger partial charge in [0.15, 0.2) is 0 Å². The third kappa shape index (κ3) is 4.12. The molecule has 1 aliphatic heterocycles. The van der Waals surface area contributed by atoms with Gasteiger partial charge >= 0.3 is 0 Å². The minimum atomic E-state index is -0.452. The SMILES string of the molecule is Cc1cc(Cl)ccc1NC(=O)CN1C(=O)S/C(=C/c2cccs2)C1=O. The van der Waals surface area contributed by atoms with Gasteiger partial charge in [-0.1, -0.05) is 17.7 Å². The van der Waals surface area contributed by atoms with Gasteiger partial charge in [-0.2, -0.15) is 0 Å². The Kier molecular flexibility index (Phi) is 5.27. The minimum absolute atomic E-state index is 0.322. The van der Waals surface area contributed by atoms with Crippen LogP contribution in [0.2, 0.25) is 5.02 Å². The Hall–Kier alpha value is -2.09. The van der Waals surface area contributed by atoms with Crippen molar-refractivity contribution in [2.45, 2.75) is 6.92 Å². The lowest BCUT2D eigenvalue weighted by molar-refractivity contribution is -0.127. The van der Waals surface area contributed by atoms with E-state index in [0.29, 0.717) is 15.6 Å². The maximum absolute atomic E-state index is 12.4. The van der Waals surface area contributed by atoms with Crippen LogP contribution in [0.1, 0.15) is 10.4 Å². The molecule has 0 bridgehead atoms. The van der Waals surface area contributed by atoms with E-state index in [1.807, 2.05) is 24.4 Å². The van der Waals surface area contributed by atoms with Crippen molar-refractivity contribution in [1.82, 2.24) is 4.90 Å². The fraction of sp³-hybridized carbons (Fsp3) is 0.118. The molecule has 1 aromatic carbocycles. The highest BCUT2D eigenvalue weighted by Crippen LogP contribution is 2.32. The maximum atomic E-state index is 12.4. The summed E-state index contributed by atoms with van der Waals surface area (Å²) >= 11 is 8.20. The zero-order valence-corrected chi connectivity index (χ0v) is 15.5. The Balaban J connectivity index is 1.69. The summed E-state index contributed by atoms with van der Waals surface area (Å²) in [6.45, 7) is 1.49. The second kappa shape index (κ2) is 7.43. The average molecular weight is 393 g/mol. The average Bonchev–Trinajstić information content (AvgIpc) is 3.15. The smallest absolute Gasteiger partial charge is 0.294 e. The van der Waals surface area contributed by atoms with Gasteiger partial charge in [0.2, 0.25) is 5.91 Å². The number of anilines is 1. The predicted molar refractivity (Wildman–Crippen MR) is 102 cm³/mol. The third-order valence-electron chi connectivity index (χ3n) is 3.45. The summed E-state index contributed by atoms with van der Waals surface area (Å²) in [5.41, 5.74) is 1.39. The van der Waals surface area contributed by atoms with Crippen molar-refractivity contribution in [2.24, 2.45) is 0 Å². The molecule has 1 aromatic heterocycles. The van der Waals surface area contributed by atoms with E-state index in [-0.39, 0.29) is 6.54 Å². The molecule has 2 aromatic rings. The van der Waals surface area contributed by atoms with Crippen LogP contribution in [0.3, 0.4) is 0 Å². The molecule has 3 amide bonds. The zero-order valence-electron chi connectivity index (χ0n) is 13.1. The lowest BCUT2D eigenvalue weighted by Gasteiger charge is -2.13. The number of hydrogen-bond acceptors (Lipinski definition) is 5. The van der Waals surface area contributed by atoms with E-state index in [1.54, 1.807) is 24.3 Å². The topological polar surface area (TPSA) is 66.5 Å². The molecule has 8 heteroatoms. The van der Waals surface area contributed by atoms with E-state index in [9.17, 15) is 14.4 Å². The molecule has 5 nitrogen and oxygen atoms in total. The van der Waals surface area contributed by atoms with Gasteiger partial charge in [0.05, 0.1) is 4.91 Å². The van der Waals surface area contributed by atoms with Gasteiger partial charge in [-0.15, -0.1) is 11.3 Å². The van der Waals surface area contributed by atoms with Crippen molar-refractivity contribution >= 4 is 63.5 Å². The quantitative estimate of drug-likeness (QED) is 0.784. The fourth-order valence-electron chi connectivity index (χ4n) is 2.24. The first-order valence-corrected chi connectivity index (χ1v) is 9.36. The number of nitrogens with zero attached hydrogens (tertiary/aromatic N) is 1. The van der Waals surface area contributed by atoms with Gasteiger partial charge < -0.3 is 5.32 Å². The largest absolute Gasteiger partial charge is 0.324 e. The Bertz CT molecular complexity index is 878. The second-order valence-electron chi connectivity index (χ2n) is 5.29. The monoisotopic (exact) mass is 392 g/mol. The Morgan fingerprint density at radius 3 is 2.80 bits per heavy atom. The normalized spacial score (nSPS) is 15.9. The number of carbonyl (C=O) groups excluding carboxylic acids is 3. The van der Waals surface area contributed by atoms with Crippen LogP contribution in [0.4, 0.5) is 10.5 Å². The Morgan fingerprint density at radius 2 is 2.12 bits per heavy atom. The number of hydrogen-bond donors (Lipinski definition) is 1. The van der Waals surface area contributed by atoms with E-state index in [0.717, 1.165) is 27.1 Å². The summed E-state index contributed by atoms with van der Waals surface area (Å²) in [7, 11) is 0. The lowest BCUT2D eigenvalue weighted by Crippen LogP contribution is -2.36. The molecule has 0 unspecified atom stereocenters. The molecule has 3 rings (SSSR count). The Morgan fingerprint density at radius 1 is 1.32 bits per heavy atom. The van der Waals surface area contributed by atoms with Crippen LogP contribution in [-0.2, 0) is 9.59 Å². The standard InChI is InChI=1S/C17H13ClN2O3S2/c1-10-7-11(18)4-5-13(10)19-15(21)9-20-16(22)14(25-17(20)23)8-12-3-2-6-24-12/h2-8H,9H2,1H3,(H,19,21)/b14-8+.